The number of aryl methyl sites for hydroxylation is 1. The van der Waals surface area contributed by atoms with E-state index in [1.165, 1.54) is 11.1 Å². The van der Waals surface area contributed by atoms with Gasteiger partial charge in [0.1, 0.15) is 0 Å². The zero-order valence-electron chi connectivity index (χ0n) is 11.3. The molecule has 2 nitrogen and oxygen atoms in total. The Morgan fingerprint density at radius 2 is 1.94 bits per heavy atom. The standard InChI is InChI=1S/C13H23NOSi/c1-11-9-14-8-7-12(11)10-15-16(5,6)13(2,3)4/h7-9H,10H2,1-6H3. The van der Waals surface area contributed by atoms with E-state index in [-0.39, 0.29) is 5.04 Å². The molecule has 0 aliphatic heterocycles. The van der Waals surface area contributed by atoms with Crippen molar-refractivity contribution in [3.05, 3.63) is 29.6 Å². The molecule has 0 saturated heterocycles. The van der Waals surface area contributed by atoms with E-state index < -0.39 is 8.32 Å². The van der Waals surface area contributed by atoms with Crippen LogP contribution in [0.1, 0.15) is 31.9 Å². The van der Waals surface area contributed by atoms with Crippen LogP contribution in [-0.2, 0) is 11.0 Å². The number of hydrogen-bond acceptors (Lipinski definition) is 2. The second kappa shape index (κ2) is 4.68. The van der Waals surface area contributed by atoms with Crippen molar-refractivity contribution in [1.29, 1.82) is 0 Å². The Balaban J connectivity index is 2.69. The summed E-state index contributed by atoms with van der Waals surface area (Å²) >= 11 is 0. The lowest BCUT2D eigenvalue weighted by molar-refractivity contribution is 0.275. The van der Waals surface area contributed by atoms with Crippen molar-refractivity contribution in [3.63, 3.8) is 0 Å². The smallest absolute Gasteiger partial charge is 0.192 e. The summed E-state index contributed by atoms with van der Waals surface area (Å²) in [5.41, 5.74) is 2.46. The van der Waals surface area contributed by atoms with Crippen LogP contribution in [0.5, 0.6) is 0 Å². The van der Waals surface area contributed by atoms with Crippen LogP contribution in [0.25, 0.3) is 0 Å². The molecule has 1 aromatic heterocycles. The summed E-state index contributed by atoms with van der Waals surface area (Å²) < 4.78 is 6.17. The molecule has 0 saturated carbocycles. The van der Waals surface area contributed by atoms with E-state index in [1.807, 2.05) is 18.5 Å². The molecule has 16 heavy (non-hydrogen) atoms. The van der Waals surface area contributed by atoms with Crippen LogP contribution >= 0.6 is 0 Å². The molecule has 0 amide bonds. The van der Waals surface area contributed by atoms with Crippen molar-refractivity contribution in [2.24, 2.45) is 0 Å². The Morgan fingerprint density at radius 3 is 2.44 bits per heavy atom. The summed E-state index contributed by atoms with van der Waals surface area (Å²) in [6.45, 7) is 14.1. The Morgan fingerprint density at radius 1 is 1.31 bits per heavy atom. The molecule has 0 spiro atoms. The second-order valence-electron chi connectivity index (χ2n) is 5.85. The van der Waals surface area contributed by atoms with Gasteiger partial charge in [-0.15, -0.1) is 0 Å². The molecule has 0 bridgehead atoms. The fourth-order valence-electron chi connectivity index (χ4n) is 1.14. The fraction of sp³-hybridized carbons (Fsp3) is 0.615. The molecule has 0 unspecified atom stereocenters. The molecule has 0 aliphatic carbocycles. The molecule has 1 heterocycles. The van der Waals surface area contributed by atoms with Gasteiger partial charge in [0, 0.05) is 12.4 Å². The van der Waals surface area contributed by atoms with E-state index in [1.54, 1.807) is 0 Å². The van der Waals surface area contributed by atoms with Crippen LogP contribution in [0.3, 0.4) is 0 Å². The highest BCUT2D eigenvalue weighted by atomic mass is 28.4. The fourth-order valence-corrected chi connectivity index (χ4v) is 2.09. The average Bonchev–Trinajstić information content (AvgIpc) is 2.15. The first-order chi connectivity index (χ1) is 7.24. The van der Waals surface area contributed by atoms with Crippen LogP contribution in [-0.4, -0.2) is 13.3 Å². The second-order valence-corrected chi connectivity index (χ2v) is 10.7. The van der Waals surface area contributed by atoms with E-state index in [0.717, 1.165) is 0 Å². The molecule has 90 valence electrons. The van der Waals surface area contributed by atoms with Gasteiger partial charge >= 0.3 is 0 Å². The number of rotatable bonds is 3. The van der Waals surface area contributed by atoms with Crippen LogP contribution in [0.15, 0.2) is 18.5 Å². The van der Waals surface area contributed by atoms with Gasteiger partial charge in [0.05, 0.1) is 6.61 Å². The van der Waals surface area contributed by atoms with Gasteiger partial charge in [-0.25, -0.2) is 0 Å². The first-order valence-electron chi connectivity index (χ1n) is 5.77. The highest BCUT2D eigenvalue weighted by molar-refractivity contribution is 6.74. The molecule has 0 radical (unpaired) electrons. The molecule has 0 aliphatic rings. The minimum atomic E-state index is -1.63. The van der Waals surface area contributed by atoms with E-state index in [2.05, 4.69) is 45.8 Å². The summed E-state index contributed by atoms with van der Waals surface area (Å²) in [6.07, 6.45) is 3.72. The Labute approximate surface area is 100 Å². The molecule has 3 heteroatoms. The van der Waals surface area contributed by atoms with Gasteiger partial charge in [0.2, 0.25) is 0 Å². The van der Waals surface area contributed by atoms with Crippen LogP contribution in [0.2, 0.25) is 18.1 Å². The maximum absolute atomic E-state index is 6.17. The summed E-state index contributed by atoms with van der Waals surface area (Å²) in [6, 6.07) is 2.04. The molecule has 1 rings (SSSR count). The van der Waals surface area contributed by atoms with Crippen LogP contribution < -0.4 is 0 Å². The number of aromatic nitrogens is 1. The summed E-state index contributed by atoms with van der Waals surface area (Å²) in [5, 5.41) is 0.272. The third-order valence-electron chi connectivity index (χ3n) is 3.53. The highest BCUT2D eigenvalue weighted by Gasteiger charge is 2.37. The zero-order chi connectivity index (χ0) is 12.4. The molecular weight excluding hydrogens is 214 g/mol. The Hall–Kier alpha value is -0.673. The third kappa shape index (κ3) is 3.16. The van der Waals surface area contributed by atoms with Crippen molar-refractivity contribution in [3.8, 4) is 0 Å². The van der Waals surface area contributed by atoms with E-state index in [4.69, 9.17) is 4.43 Å². The number of nitrogens with zero attached hydrogens (tertiary/aromatic N) is 1. The van der Waals surface area contributed by atoms with Gasteiger partial charge in [0.15, 0.2) is 8.32 Å². The van der Waals surface area contributed by atoms with Gasteiger partial charge in [-0.1, -0.05) is 20.8 Å². The molecule has 0 aromatic carbocycles. The predicted molar refractivity (Wildman–Crippen MR) is 71.0 cm³/mol. The first-order valence-corrected chi connectivity index (χ1v) is 8.68. The van der Waals surface area contributed by atoms with Crippen molar-refractivity contribution in [2.75, 3.05) is 0 Å². The maximum Gasteiger partial charge on any atom is 0.192 e. The molecule has 0 N–H and O–H groups in total. The molecule has 0 atom stereocenters. The Kier molecular flexibility index (Phi) is 3.91. The molecule has 0 fully saturated rings. The van der Waals surface area contributed by atoms with Gasteiger partial charge in [-0.05, 0) is 42.2 Å². The predicted octanol–water partition coefficient (Wildman–Crippen LogP) is 3.91. The van der Waals surface area contributed by atoms with Crippen molar-refractivity contribution in [1.82, 2.24) is 4.98 Å². The minimum Gasteiger partial charge on any atom is -0.413 e. The van der Waals surface area contributed by atoms with Gasteiger partial charge < -0.3 is 4.43 Å². The summed E-state index contributed by atoms with van der Waals surface area (Å²) in [5.74, 6) is 0. The summed E-state index contributed by atoms with van der Waals surface area (Å²) in [7, 11) is -1.63. The van der Waals surface area contributed by atoms with E-state index >= 15 is 0 Å². The SMILES string of the molecule is Cc1cnccc1CO[Si](C)(C)C(C)(C)C. The quantitative estimate of drug-likeness (QED) is 0.744. The number of pyridine rings is 1. The van der Waals surface area contributed by atoms with Crippen molar-refractivity contribution in [2.45, 2.75) is 52.4 Å². The summed E-state index contributed by atoms with van der Waals surface area (Å²) in [4.78, 5) is 4.09. The van der Waals surface area contributed by atoms with Crippen molar-refractivity contribution >= 4 is 8.32 Å². The number of hydrogen-bond donors (Lipinski definition) is 0. The topological polar surface area (TPSA) is 22.1 Å². The Bertz CT molecular complexity index is 355. The monoisotopic (exact) mass is 237 g/mol. The molecular formula is C13H23NOSi. The average molecular weight is 237 g/mol. The maximum atomic E-state index is 6.17. The largest absolute Gasteiger partial charge is 0.413 e. The highest BCUT2D eigenvalue weighted by Crippen LogP contribution is 2.37. The van der Waals surface area contributed by atoms with Crippen LogP contribution in [0.4, 0.5) is 0 Å². The van der Waals surface area contributed by atoms with Gasteiger partial charge in [-0.2, -0.15) is 0 Å². The molecule has 1 aromatic rings. The minimum absolute atomic E-state index is 0.272. The van der Waals surface area contributed by atoms with Crippen LogP contribution in [0, 0.1) is 6.92 Å². The zero-order valence-corrected chi connectivity index (χ0v) is 12.3. The van der Waals surface area contributed by atoms with E-state index in [0.29, 0.717) is 6.61 Å². The van der Waals surface area contributed by atoms with E-state index in [9.17, 15) is 0 Å². The third-order valence-corrected chi connectivity index (χ3v) is 8.01. The normalized spacial score (nSPS) is 12.9. The first kappa shape index (κ1) is 13.4. The van der Waals surface area contributed by atoms with Gasteiger partial charge in [-0.3, -0.25) is 4.98 Å². The lowest BCUT2D eigenvalue weighted by Crippen LogP contribution is -2.40. The van der Waals surface area contributed by atoms with Gasteiger partial charge in [0.25, 0.3) is 0 Å². The lowest BCUT2D eigenvalue weighted by Gasteiger charge is -2.36. The lowest BCUT2D eigenvalue weighted by atomic mass is 10.2. The van der Waals surface area contributed by atoms with Crippen molar-refractivity contribution < 1.29 is 4.43 Å².